The molecule has 0 heterocycles. The third-order valence-electron chi connectivity index (χ3n) is 2.82. The first-order valence-corrected chi connectivity index (χ1v) is 5.80. The maximum absolute atomic E-state index is 11.4. The first-order chi connectivity index (χ1) is 8.66. The number of carbonyl (C=O) groups is 2. The largest absolute Gasteiger partial charge is 0.480 e. The highest BCUT2D eigenvalue weighted by molar-refractivity contribution is 5.78. The molecule has 1 fully saturated rings. The lowest BCUT2D eigenvalue weighted by Gasteiger charge is -2.04. The number of aliphatic carboxylic acids is 1. The second-order valence-electron chi connectivity index (χ2n) is 4.31. The molecule has 1 aliphatic rings. The van der Waals surface area contributed by atoms with Crippen molar-refractivity contribution in [1.82, 2.24) is 5.32 Å². The van der Waals surface area contributed by atoms with Gasteiger partial charge in [-0.1, -0.05) is 30.3 Å². The van der Waals surface area contributed by atoms with Crippen LogP contribution >= 0.6 is 0 Å². The lowest BCUT2D eigenvalue weighted by molar-refractivity contribution is -0.143. The Morgan fingerprint density at radius 1 is 1.28 bits per heavy atom. The minimum absolute atomic E-state index is 0.147. The summed E-state index contributed by atoms with van der Waals surface area (Å²) < 4.78 is 4.71. The number of amides is 1. The van der Waals surface area contributed by atoms with Gasteiger partial charge < -0.3 is 15.2 Å². The van der Waals surface area contributed by atoms with Gasteiger partial charge in [-0.05, 0) is 12.0 Å². The van der Waals surface area contributed by atoms with Gasteiger partial charge in [-0.15, -0.1) is 0 Å². The summed E-state index contributed by atoms with van der Waals surface area (Å²) >= 11 is 0. The number of hydrogen-bond donors (Lipinski definition) is 2. The van der Waals surface area contributed by atoms with Gasteiger partial charge in [-0.3, -0.25) is 4.79 Å². The number of hydrogen-bond acceptors (Lipinski definition) is 3. The van der Waals surface area contributed by atoms with E-state index in [-0.39, 0.29) is 18.6 Å². The Morgan fingerprint density at radius 3 is 2.67 bits per heavy atom. The molecular formula is C13H15NO4. The first-order valence-electron chi connectivity index (χ1n) is 5.80. The summed E-state index contributed by atoms with van der Waals surface area (Å²) in [6.07, 6.45) is 0.925. The maximum atomic E-state index is 11.4. The van der Waals surface area contributed by atoms with E-state index in [4.69, 9.17) is 9.84 Å². The van der Waals surface area contributed by atoms with E-state index in [1.165, 1.54) is 5.56 Å². The van der Waals surface area contributed by atoms with Crippen LogP contribution in [0.5, 0.6) is 0 Å². The van der Waals surface area contributed by atoms with Crippen molar-refractivity contribution in [2.75, 3.05) is 13.2 Å². The molecule has 0 spiro atoms. The van der Waals surface area contributed by atoms with Gasteiger partial charge in [0, 0.05) is 12.0 Å². The van der Waals surface area contributed by atoms with Gasteiger partial charge in [0.1, 0.15) is 13.2 Å². The van der Waals surface area contributed by atoms with Crippen molar-refractivity contribution in [3.05, 3.63) is 35.9 Å². The standard InChI is InChI=1S/C13H15NO4/c15-12(7-18-8-13(16)17)14-11-6-10(11)9-4-2-1-3-5-9/h1-5,10-11H,6-8H2,(H,14,15)(H,16,17). The summed E-state index contributed by atoms with van der Waals surface area (Å²) in [7, 11) is 0. The van der Waals surface area contributed by atoms with Gasteiger partial charge in [-0.25, -0.2) is 4.79 Å². The van der Waals surface area contributed by atoms with Gasteiger partial charge in [0.15, 0.2) is 0 Å². The van der Waals surface area contributed by atoms with E-state index in [9.17, 15) is 9.59 Å². The van der Waals surface area contributed by atoms with Crippen LogP contribution in [0.25, 0.3) is 0 Å². The number of ether oxygens (including phenoxy) is 1. The predicted octanol–water partition coefficient (Wildman–Crippen LogP) is 0.760. The van der Waals surface area contributed by atoms with E-state index < -0.39 is 12.6 Å². The van der Waals surface area contributed by atoms with Crippen molar-refractivity contribution in [2.45, 2.75) is 18.4 Å². The molecule has 1 aromatic carbocycles. The molecule has 2 atom stereocenters. The number of rotatable bonds is 6. The fourth-order valence-corrected chi connectivity index (χ4v) is 1.90. The monoisotopic (exact) mass is 249 g/mol. The Kier molecular flexibility index (Phi) is 3.94. The number of carboxylic acids is 1. The average molecular weight is 249 g/mol. The minimum Gasteiger partial charge on any atom is -0.480 e. The van der Waals surface area contributed by atoms with E-state index in [1.54, 1.807) is 0 Å². The Bertz CT molecular complexity index is 432. The summed E-state index contributed by atoms with van der Waals surface area (Å²) in [6, 6.07) is 10.1. The van der Waals surface area contributed by atoms with Crippen LogP contribution in [0.2, 0.25) is 0 Å². The third kappa shape index (κ3) is 3.56. The molecule has 2 unspecified atom stereocenters. The van der Waals surface area contributed by atoms with Crippen LogP contribution in [-0.2, 0) is 14.3 Å². The lowest BCUT2D eigenvalue weighted by Crippen LogP contribution is -2.31. The van der Waals surface area contributed by atoms with Gasteiger partial charge in [0.05, 0.1) is 0 Å². The van der Waals surface area contributed by atoms with Crippen LogP contribution in [0.15, 0.2) is 30.3 Å². The van der Waals surface area contributed by atoms with Crippen molar-refractivity contribution >= 4 is 11.9 Å². The van der Waals surface area contributed by atoms with Crippen LogP contribution in [-0.4, -0.2) is 36.2 Å². The smallest absolute Gasteiger partial charge is 0.329 e. The molecule has 5 heteroatoms. The molecule has 5 nitrogen and oxygen atoms in total. The van der Waals surface area contributed by atoms with Gasteiger partial charge in [0.25, 0.3) is 0 Å². The van der Waals surface area contributed by atoms with Gasteiger partial charge in [-0.2, -0.15) is 0 Å². The van der Waals surface area contributed by atoms with E-state index in [2.05, 4.69) is 5.32 Å². The molecule has 0 aliphatic heterocycles. The fourth-order valence-electron chi connectivity index (χ4n) is 1.90. The highest BCUT2D eigenvalue weighted by atomic mass is 16.5. The number of carboxylic acid groups (broad SMARTS) is 1. The summed E-state index contributed by atoms with van der Waals surface area (Å²) in [5.74, 6) is -0.967. The number of benzene rings is 1. The van der Waals surface area contributed by atoms with Crippen LogP contribution in [0.3, 0.4) is 0 Å². The zero-order valence-electron chi connectivity index (χ0n) is 9.83. The summed E-state index contributed by atoms with van der Waals surface area (Å²) in [5, 5.41) is 11.2. The SMILES string of the molecule is O=C(O)COCC(=O)NC1CC1c1ccccc1. The predicted molar refractivity (Wildman–Crippen MR) is 64.2 cm³/mol. The highest BCUT2D eigenvalue weighted by Gasteiger charge is 2.39. The molecule has 0 bridgehead atoms. The Labute approximate surface area is 105 Å². The van der Waals surface area contributed by atoms with Gasteiger partial charge in [0.2, 0.25) is 5.91 Å². The number of carbonyl (C=O) groups excluding carboxylic acids is 1. The number of nitrogens with one attached hydrogen (secondary N) is 1. The topological polar surface area (TPSA) is 75.6 Å². The lowest BCUT2D eigenvalue weighted by atomic mass is 10.1. The zero-order chi connectivity index (χ0) is 13.0. The van der Waals surface area contributed by atoms with Crippen LogP contribution in [0.4, 0.5) is 0 Å². The molecule has 1 aromatic rings. The second kappa shape index (κ2) is 5.64. The maximum Gasteiger partial charge on any atom is 0.329 e. The molecule has 2 rings (SSSR count). The van der Waals surface area contributed by atoms with Crippen molar-refractivity contribution in [1.29, 1.82) is 0 Å². The van der Waals surface area contributed by atoms with Crippen molar-refractivity contribution < 1.29 is 19.4 Å². The zero-order valence-corrected chi connectivity index (χ0v) is 9.83. The summed E-state index contributed by atoms with van der Waals surface area (Å²) in [4.78, 5) is 21.6. The molecule has 2 N–H and O–H groups in total. The van der Waals surface area contributed by atoms with Crippen molar-refractivity contribution in [2.24, 2.45) is 0 Å². The van der Waals surface area contributed by atoms with Crippen LogP contribution in [0, 0.1) is 0 Å². The second-order valence-corrected chi connectivity index (χ2v) is 4.31. The average Bonchev–Trinajstić information content (AvgIpc) is 3.09. The highest BCUT2D eigenvalue weighted by Crippen LogP contribution is 2.40. The Morgan fingerprint density at radius 2 is 2.00 bits per heavy atom. The molecule has 1 amide bonds. The third-order valence-corrected chi connectivity index (χ3v) is 2.82. The van der Waals surface area contributed by atoms with E-state index in [0.717, 1.165) is 6.42 Å². The molecule has 0 aromatic heterocycles. The van der Waals surface area contributed by atoms with Gasteiger partial charge >= 0.3 is 5.97 Å². The molecule has 1 saturated carbocycles. The van der Waals surface area contributed by atoms with Crippen molar-refractivity contribution in [3.63, 3.8) is 0 Å². The molecule has 96 valence electrons. The molecule has 1 aliphatic carbocycles. The van der Waals surface area contributed by atoms with E-state index in [0.29, 0.717) is 5.92 Å². The minimum atomic E-state index is -1.07. The van der Waals surface area contributed by atoms with Crippen molar-refractivity contribution in [3.8, 4) is 0 Å². The van der Waals surface area contributed by atoms with Crippen LogP contribution in [0.1, 0.15) is 17.9 Å². The summed E-state index contributed by atoms with van der Waals surface area (Å²) in [6.45, 7) is -0.648. The Hall–Kier alpha value is -1.88. The Balaban J connectivity index is 1.70. The fraction of sp³-hybridized carbons (Fsp3) is 0.385. The van der Waals surface area contributed by atoms with E-state index in [1.807, 2.05) is 30.3 Å². The first kappa shape index (κ1) is 12.6. The van der Waals surface area contributed by atoms with E-state index >= 15 is 0 Å². The summed E-state index contributed by atoms with van der Waals surface area (Å²) in [5.41, 5.74) is 1.22. The molecular weight excluding hydrogens is 234 g/mol. The molecule has 0 radical (unpaired) electrons. The quantitative estimate of drug-likeness (QED) is 0.780. The normalized spacial score (nSPS) is 21.3. The molecule has 0 saturated heterocycles. The van der Waals surface area contributed by atoms with Crippen LogP contribution < -0.4 is 5.32 Å². The molecule has 18 heavy (non-hydrogen) atoms.